The van der Waals surface area contributed by atoms with Crippen molar-refractivity contribution in [1.82, 2.24) is 10.3 Å². The van der Waals surface area contributed by atoms with Crippen LogP contribution >= 0.6 is 0 Å². The van der Waals surface area contributed by atoms with Crippen molar-refractivity contribution in [2.24, 2.45) is 5.92 Å². The Kier molecular flexibility index (Phi) is 6.20. The van der Waals surface area contributed by atoms with Gasteiger partial charge in [-0.3, -0.25) is 4.98 Å². The molecule has 0 bridgehead atoms. The van der Waals surface area contributed by atoms with Gasteiger partial charge in [-0.05, 0) is 50.3 Å². The Morgan fingerprint density at radius 1 is 1.29 bits per heavy atom. The predicted octanol–water partition coefficient (Wildman–Crippen LogP) is 3.35. The number of nitrogens with zero attached hydrogens (tertiary/aromatic N) is 1. The first-order valence-electron chi connectivity index (χ1n) is 6.78. The largest absolute Gasteiger partial charge is 0.314 e. The van der Waals surface area contributed by atoms with Gasteiger partial charge in [-0.1, -0.05) is 26.8 Å². The normalized spacial score (nSPS) is 13.0. The second kappa shape index (κ2) is 7.44. The molecule has 96 valence electrons. The van der Waals surface area contributed by atoms with E-state index in [0.29, 0.717) is 12.0 Å². The molecule has 0 fully saturated rings. The summed E-state index contributed by atoms with van der Waals surface area (Å²) in [4.78, 5) is 4.34. The highest BCUT2D eigenvalue weighted by molar-refractivity contribution is 5.13. The molecule has 2 nitrogen and oxygen atoms in total. The molecule has 1 rings (SSSR count). The van der Waals surface area contributed by atoms with Crippen molar-refractivity contribution >= 4 is 0 Å². The quantitative estimate of drug-likeness (QED) is 0.782. The van der Waals surface area contributed by atoms with E-state index in [1.165, 1.54) is 18.4 Å². The zero-order chi connectivity index (χ0) is 12.7. The summed E-state index contributed by atoms with van der Waals surface area (Å²) < 4.78 is 0. The summed E-state index contributed by atoms with van der Waals surface area (Å²) in [6.45, 7) is 9.95. The van der Waals surface area contributed by atoms with Gasteiger partial charge in [-0.25, -0.2) is 0 Å². The summed E-state index contributed by atoms with van der Waals surface area (Å²) in [6, 6.07) is 4.91. The maximum Gasteiger partial charge on any atom is 0.0372 e. The second-order valence-corrected chi connectivity index (χ2v) is 5.15. The SMILES string of the molecule is CCCNC(CCc1ccc(C)nc1)C(C)C. The van der Waals surface area contributed by atoms with Crippen molar-refractivity contribution in [3.05, 3.63) is 29.6 Å². The fourth-order valence-electron chi connectivity index (χ4n) is 1.97. The lowest BCUT2D eigenvalue weighted by atomic mass is 9.97. The van der Waals surface area contributed by atoms with Crippen LogP contribution in [0.2, 0.25) is 0 Å². The number of pyridine rings is 1. The minimum Gasteiger partial charge on any atom is -0.314 e. The predicted molar refractivity (Wildman–Crippen MR) is 74.2 cm³/mol. The molecule has 0 aliphatic rings. The van der Waals surface area contributed by atoms with Crippen molar-refractivity contribution < 1.29 is 0 Å². The number of nitrogens with one attached hydrogen (secondary N) is 1. The van der Waals surface area contributed by atoms with Crippen molar-refractivity contribution in [3.63, 3.8) is 0 Å². The smallest absolute Gasteiger partial charge is 0.0372 e. The lowest BCUT2D eigenvalue weighted by Gasteiger charge is -2.22. The Morgan fingerprint density at radius 2 is 2.06 bits per heavy atom. The average molecular weight is 234 g/mol. The van der Waals surface area contributed by atoms with Crippen LogP contribution in [0, 0.1) is 12.8 Å². The first-order chi connectivity index (χ1) is 8.13. The van der Waals surface area contributed by atoms with Gasteiger partial charge in [0.1, 0.15) is 0 Å². The maximum atomic E-state index is 4.34. The summed E-state index contributed by atoms with van der Waals surface area (Å²) in [5.41, 5.74) is 2.44. The van der Waals surface area contributed by atoms with E-state index in [9.17, 15) is 0 Å². The van der Waals surface area contributed by atoms with Gasteiger partial charge in [-0.2, -0.15) is 0 Å². The molecule has 0 amide bonds. The zero-order valence-corrected chi connectivity index (χ0v) is 11.7. The number of aromatic nitrogens is 1. The molecule has 0 saturated carbocycles. The van der Waals surface area contributed by atoms with Gasteiger partial charge >= 0.3 is 0 Å². The maximum absolute atomic E-state index is 4.34. The summed E-state index contributed by atoms with van der Waals surface area (Å²) in [7, 11) is 0. The van der Waals surface area contributed by atoms with Gasteiger partial charge in [0, 0.05) is 17.9 Å². The molecule has 0 radical (unpaired) electrons. The van der Waals surface area contributed by atoms with Crippen molar-refractivity contribution in [2.75, 3.05) is 6.54 Å². The third-order valence-corrected chi connectivity index (χ3v) is 3.18. The molecule has 1 unspecified atom stereocenters. The van der Waals surface area contributed by atoms with Crippen molar-refractivity contribution in [2.45, 2.75) is 53.0 Å². The van der Waals surface area contributed by atoms with Gasteiger partial charge in [0.2, 0.25) is 0 Å². The van der Waals surface area contributed by atoms with Crippen LogP contribution in [0.3, 0.4) is 0 Å². The van der Waals surface area contributed by atoms with Crippen LogP contribution < -0.4 is 5.32 Å². The molecule has 0 saturated heterocycles. The number of hydrogen-bond acceptors (Lipinski definition) is 2. The highest BCUT2D eigenvalue weighted by atomic mass is 14.9. The van der Waals surface area contributed by atoms with Crippen molar-refractivity contribution in [1.29, 1.82) is 0 Å². The summed E-state index contributed by atoms with van der Waals surface area (Å²) in [5, 5.41) is 3.63. The Balaban J connectivity index is 2.43. The number of rotatable bonds is 7. The Bertz CT molecular complexity index is 303. The Hall–Kier alpha value is -0.890. The fraction of sp³-hybridized carbons (Fsp3) is 0.667. The van der Waals surface area contributed by atoms with Crippen LogP contribution in [0.25, 0.3) is 0 Å². The van der Waals surface area contributed by atoms with Crippen molar-refractivity contribution in [3.8, 4) is 0 Å². The van der Waals surface area contributed by atoms with E-state index in [1.807, 2.05) is 13.1 Å². The van der Waals surface area contributed by atoms with Crippen LogP contribution in [-0.4, -0.2) is 17.6 Å². The van der Waals surface area contributed by atoms with E-state index < -0.39 is 0 Å². The summed E-state index contributed by atoms with van der Waals surface area (Å²) in [6.07, 6.45) is 5.52. The molecule has 1 aromatic rings. The molecule has 0 aromatic carbocycles. The van der Waals surface area contributed by atoms with E-state index in [4.69, 9.17) is 0 Å². The minimum absolute atomic E-state index is 0.622. The first-order valence-corrected chi connectivity index (χ1v) is 6.78. The second-order valence-electron chi connectivity index (χ2n) is 5.15. The van der Waals surface area contributed by atoms with E-state index >= 15 is 0 Å². The third-order valence-electron chi connectivity index (χ3n) is 3.18. The lowest BCUT2D eigenvalue weighted by molar-refractivity contribution is 0.378. The van der Waals surface area contributed by atoms with E-state index in [1.54, 1.807) is 0 Å². The molecular weight excluding hydrogens is 208 g/mol. The van der Waals surface area contributed by atoms with Gasteiger partial charge in [-0.15, -0.1) is 0 Å². The van der Waals surface area contributed by atoms with Crippen LogP contribution in [0.1, 0.15) is 44.9 Å². The molecule has 2 heteroatoms. The lowest BCUT2D eigenvalue weighted by Crippen LogP contribution is -2.34. The molecule has 0 aliphatic heterocycles. The highest BCUT2D eigenvalue weighted by Crippen LogP contribution is 2.11. The third kappa shape index (κ3) is 5.31. The standard InChI is InChI=1S/C15H26N2/c1-5-10-16-15(12(2)3)9-8-14-7-6-13(4)17-11-14/h6-7,11-12,15-16H,5,8-10H2,1-4H3. The molecule has 17 heavy (non-hydrogen) atoms. The van der Waals surface area contributed by atoms with E-state index in [2.05, 4.69) is 43.2 Å². The topological polar surface area (TPSA) is 24.9 Å². The van der Waals surface area contributed by atoms with Gasteiger partial charge in [0.05, 0.1) is 0 Å². The highest BCUT2D eigenvalue weighted by Gasteiger charge is 2.11. The average Bonchev–Trinajstić information content (AvgIpc) is 2.31. The van der Waals surface area contributed by atoms with Crippen LogP contribution in [0.15, 0.2) is 18.3 Å². The monoisotopic (exact) mass is 234 g/mol. The zero-order valence-electron chi connectivity index (χ0n) is 11.7. The molecule has 1 atom stereocenters. The van der Waals surface area contributed by atoms with E-state index in [-0.39, 0.29) is 0 Å². The number of hydrogen-bond donors (Lipinski definition) is 1. The van der Waals surface area contributed by atoms with Crippen LogP contribution in [-0.2, 0) is 6.42 Å². The van der Waals surface area contributed by atoms with Gasteiger partial charge in [0.15, 0.2) is 0 Å². The molecule has 1 N–H and O–H groups in total. The molecule has 0 aliphatic carbocycles. The molecule has 0 spiro atoms. The van der Waals surface area contributed by atoms with E-state index in [0.717, 1.165) is 18.7 Å². The summed E-state index contributed by atoms with van der Waals surface area (Å²) >= 11 is 0. The molecule has 1 aromatic heterocycles. The van der Waals surface area contributed by atoms with Crippen LogP contribution in [0.5, 0.6) is 0 Å². The Labute approximate surface area is 106 Å². The van der Waals surface area contributed by atoms with Crippen LogP contribution in [0.4, 0.5) is 0 Å². The van der Waals surface area contributed by atoms with Gasteiger partial charge < -0.3 is 5.32 Å². The molecule has 1 heterocycles. The first kappa shape index (κ1) is 14.2. The Morgan fingerprint density at radius 3 is 2.59 bits per heavy atom. The van der Waals surface area contributed by atoms with Gasteiger partial charge in [0.25, 0.3) is 0 Å². The minimum atomic E-state index is 0.622. The number of aryl methyl sites for hydroxylation is 2. The fourth-order valence-corrected chi connectivity index (χ4v) is 1.97. The molecular formula is C15H26N2. The summed E-state index contributed by atoms with van der Waals surface area (Å²) in [5.74, 6) is 0.694.